The number of allylic oxidation sites excluding steroid dienone is 2. The molecule has 0 aromatic heterocycles. The van der Waals surface area contributed by atoms with Crippen LogP contribution in [0.5, 0.6) is 0 Å². The number of hydrogen-bond donors (Lipinski definition) is 0. The second-order valence-electron chi connectivity index (χ2n) is 3.99. The maximum atomic E-state index is 11.8. The van der Waals surface area contributed by atoms with Crippen LogP contribution in [0.15, 0.2) is 42.5 Å². The molecule has 3 heteroatoms. The zero-order chi connectivity index (χ0) is 12.8. The highest BCUT2D eigenvalue weighted by molar-refractivity contribution is 5.94. The van der Waals surface area contributed by atoms with Crippen LogP contribution in [0, 0.1) is 0 Å². The number of cyclic esters (lactones) is 1. The summed E-state index contributed by atoms with van der Waals surface area (Å²) < 4.78 is 5.14. The highest BCUT2D eigenvalue weighted by Gasteiger charge is 2.10. The van der Waals surface area contributed by atoms with Crippen molar-refractivity contribution in [2.24, 2.45) is 0 Å². The van der Waals surface area contributed by atoms with Crippen molar-refractivity contribution in [1.29, 1.82) is 0 Å². The smallest absolute Gasteiger partial charge is 0.338 e. The van der Waals surface area contributed by atoms with Crippen LogP contribution < -0.4 is 0 Å². The van der Waals surface area contributed by atoms with Crippen LogP contribution >= 0.6 is 0 Å². The maximum Gasteiger partial charge on any atom is 0.338 e. The highest BCUT2D eigenvalue weighted by atomic mass is 16.5. The van der Waals surface area contributed by atoms with Gasteiger partial charge in [-0.15, -0.1) is 0 Å². The van der Waals surface area contributed by atoms with Crippen molar-refractivity contribution in [3.8, 4) is 0 Å². The molecule has 0 bridgehead atoms. The Kier molecular flexibility index (Phi) is 4.07. The number of benzene rings is 1. The van der Waals surface area contributed by atoms with Gasteiger partial charge in [-0.2, -0.15) is 0 Å². The number of carbonyl (C=O) groups excluding carboxylic acids is 2. The molecule has 1 aromatic rings. The van der Waals surface area contributed by atoms with E-state index in [4.69, 9.17) is 4.74 Å². The normalized spacial score (nSPS) is 20.0. The van der Waals surface area contributed by atoms with Gasteiger partial charge in [0.05, 0.1) is 12.2 Å². The van der Waals surface area contributed by atoms with Gasteiger partial charge < -0.3 is 4.74 Å². The minimum absolute atomic E-state index is 0.0515. The first-order chi connectivity index (χ1) is 8.77. The van der Waals surface area contributed by atoms with Crippen LogP contribution in [0.4, 0.5) is 0 Å². The molecule has 0 unspecified atom stereocenters. The Morgan fingerprint density at radius 1 is 1.00 bits per heavy atom. The van der Waals surface area contributed by atoms with Gasteiger partial charge in [0.2, 0.25) is 0 Å². The SMILES string of the molecule is O=C1/C=C/CCOC(=O)c2ccccc2/C=C/C1. The second kappa shape index (κ2) is 5.96. The summed E-state index contributed by atoms with van der Waals surface area (Å²) in [5, 5.41) is 0. The highest BCUT2D eigenvalue weighted by Crippen LogP contribution is 2.13. The van der Waals surface area contributed by atoms with Gasteiger partial charge >= 0.3 is 5.97 Å². The number of esters is 1. The Morgan fingerprint density at radius 2 is 1.83 bits per heavy atom. The van der Waals surface area contributed by atoms with E-state index in [1.807, 2.05) is 12.1 Å². The topological polar surface area (TPSA) is 43.4 Å². The molecule has 0 amide bonds. The van der Waals surface area contributed by atoms with Gasteiger partial charge in [0, 0.05) is 6.42 Å². The first-order valence-corrected chi connectivity index (χ1v) is 5.89. The van der Waals surface area contributed by atoms with E-state index in [9.17, 15) is 9.59 Å². The Morgan fingerprint density at radius 3 is 2.72 bits per heavy atom. The molecule has 92 valence electrons. The minimum atomic E-state index is -0.324. The third-order valence-corrected chi connectivity index (χ3v) is 2.62. The molecule has 2 rings (SSSR count). The molecule has 0 aliphatic carbocycles. The fraction of sp³-hybridized carbons (Fsp3) is 0.200. The number of carbonyl (C=O) groups is 2. The van der Waals surface area contributed by atoms with Crippen LogP contribution in [-0.4, -0.2) is 18.4 Å². The maximum absolute atomic E-state index is 11.8. The first-order valence-electron chi connectivity index (χ1n) is 5.89. The molecule has 1 heterocycles. The van der Waals surface area contributed by atoms with Gasteiger partial charge in [0.1, 0.15) is 0 Å². The average Bonchev–Trinajstić information content (AvgIpc) is 2.37. The van der Waals surface area contributed by atoms with Crippen LogP contribution in [0.1, 0.15) is 28.8 Å². The largest absolute Gasteiger partial charge is 0.462 e. The van der Waals surface area contributed by atoms with Crippen LogP contribution in [0.2, 0.25) is 0 Å². The second-order valence-corrected chi connectivity index (χ2v) is 3.99. The quantitative estimate of drug-likeness (QED) is 0.657. The third kappa shape index (κ3) is 3.17. The molecule has 3 nitrogen and oxygen atoms in total. The van der Waals surface area contributed by atoms with E-state index in [2.05, 4.69) is 0 Å². The lowest BCUT2D eigenvalue weighted by atomic mass is 10.1. The van der Waals surface area contributed by atoms with Gasteiger partial charge in [-0.1, -0.05) is 36.4 Å². The summed E-state index contributed by atoms with van der Waals surface area (Å²) in [5.41, 5.74) is 1.31. The molecule has 1 aliphatic heterocycles. The van der Waals surface area contributed by atoms with Crippen molar-refractivity contribution >= 4 is 17.8 Å². The van der Waals surface area contributed by atoms with Gasteiger partial charge in [0.15, 0.2) is 5.78 Å². The fourth-order valence-corrected chi connectivity index (χ4v) is 1.71. The van der Waals surface area contributed by atoms with Crippen molar-refractivity contribution in [3.63, 3.8) is 0 Å². The summed E-state index contributed by atoms with van der Waals surface area (Å²) in [4.78, 5) is 23.3. The lowest BCUT2D eigenvalue weighted by molar-refractivity contribution is -0.113. The summed E-state index contributed by atoms with van der Waals surface area (Å²) in [7, 11) is 0. The zero-order valence-corrected chi connectivity index (χ0v) is 9.96. The van der Waals surface area contributed by atoms with Crippen molar-refractivity contribution in [1.82, 2.24) is 0 Å². The molecule has 18 heavy (non-hydrogen) atoms. The van der Waals surface area contributed by atoms with E-state index in [-0.39, 0.29) is 11.8 Å². The molecule has 0 saturated carbocycles. The fourth-order valence-electron chi connectivity index (χ4n) is 1.71. The molecule has 1 aromatic carbocycles. The molecule has 0 radical (unpaired) electrons. The van der Waals surface area contributed by atoms with Crippen molar-refractivity contribution < 1.29 is 14.3 Å². The van der Waals surface area contributed by atoms with Crippen molar-refractivity contribution in [2.45, 2.75) is 12.8 Å². The Balaban J connectivity index is 2.30. The van der Waals surface area contributed by atoms with E-state index < -0.39 is 0 Å². The molecular formula is C15H14O3. The average molecular weight is 242 g/mol. The van der Waals surface area contributed by atoms with Gasteiger partial charge in [-0.3, -0.25) is 4.79 Å². The standard InChI is InChI=1S/C15H14O3/c16-13-8-3-4-11-18-15(17)14-10-2-1-6-12(14)7-5-9-13/h1-3,5-8,10H,4,9,11H2/b7-5+,8-3+. The van der Waals surface area contributed by atoms with Crippen LogP contribution in [0.3, 0.4) is 0 Å². The van der Waals surface area contributed by atoms with E-state index in [1.54, 1.807) is 30.4 Å². The molecule has 0 atom stereocenters. The molecule has 1 aliphatic rings. The number of ether oxygens (including phenoxy) is 1. The number of rotatable bonds is 0. The molecule has 0 saturated heterocycles. The van der Waals surface area contributed by atoms with Crippen molar-refractivity contribution in [2.75, 3.05) is 6.61 Å². The van der Waals surface area contributed by atoms with E-state index >= 15 is 0 Å². The van der Waals surface area contributed by atoms with E-state index in [0.717, 1.165) is 5.56 Å². The lowest BCUT2D eigenvalue weighted by Gasteiger charge is -2.06. The molecule has 0 N–H and O–H groups in total. The van der Waals surface area contributed by atoms with Crippen LogP contribution in [0.25, 0.3) is 6.08 Å². The number of ketones is 1. The lowest BCUT2D eigenvalue weighted by Crippen LogP contribution is -2.08. The molecule has 0 fully saturated rings. The predicted molar refractivity (Wildman–Crippen MR) is 69.1 cm³/mol. The summed E-state index contributed by atoms with van der Waals surface area (Å²) in [6.07, 6.45) is 7.72. The molecule has 0 spiro atoms. The first kappa shape index (κ1) is 12.3. The van der Waals surface area contributed by atoms with Gasteiger partial charge in [-0.05, 0) is 24.1 Å². The Hall–Kier alpha value is -2.16. The zero-order valence-electron chi connectivity index (χ0n) is 9.96. The summed E-state index contributed by atoms with van der Waals surface area (Å²) in [5.74, 6) is -0.272. The van der Waals surface area contributed by atoms with Crippen LogP contribution in [-0.2, 0) is 9.53 Å². The number of hydrogen-bond acceptors (Lipinski definition) is 3. The Labute approximate surface area is 106 Å². The monoisotopic (exact) mass is 242 g/mol. The Bertz CT molecular complexity index is 512. The van der Waals surface area contributed by atoms with Gasteiger partial charge in [-0.25, -0.2) is 4.79 Å². The van der Waals surface area contributed by atoms with Gasteiger partial charge in [0.25, 0.3) is 0 Å². The number of fused-ring (bicyclic) bond motifs is 1. The predicted octanol–water partition coefficient (Wildman–Crippen LogP) is 2.78. The summed E-state index contributed by atoms with van der Waals surface area (Å²) >= 11 is 0. The van der Waals surface area contributed by atoms with Crippen molar-refractivity contribution in [3.05, 3.63) is 53.6 Å². The van der Waals surface area contributed by atoms with E-state index in [1.165, 1.54) is 6.08 Å². The summed E-state index contributed by atoms with van der Waals surface area (Å²) in [6.45, 7) is 0.292. The minimum Gasteiger partial charge on any atom is -0.462 e. The third-order valence-electron chi connectivity index (χ3n) is 2.62. The molecular weight excluding hydrogens is 228 g/mol. The summed E-state index contributed by atoms with van der Waals surface area (Å²) in [6, 6.07) is 7.21. The van der Waals surface area contributed by atoms with E-state index in [0.29, 0.717) is 25.0 Å².